The summed E-state index contributed by atoms with van der Waals surface area (Å²) >= 11 is 0. The number of hydrogen-bond donors (Lipinski definition) is 1. The molecular formula is C20H25N5O. The molecule has 0 aliphatic carbocycles. The summed E-state index contributed by atoms with van der Waals surface area (Å²) in [5.41, 5.74) is 5.94. The van der Waals surface area contributed by atoms with Gasteiger partial charge in [0.1, 0.15) is 0 Å². The Balaban J connectivity index is 1.76. The summed E-state index contributed by atoms with van der Waals surface area (Å²) in [7, 11) is 1.90. The number of carbonyl (C=O) groups excluding carboxylic acids is 1. The molecule has 6 heteroatoms. The quantitative estimate of drug-likeness (QED) is 0.769. The van der Waals surface area contributed by atoms with Crippen molar-refractivity contribution in [3.05, 3.63) is 64.7 Å². The van der Waals surface area contributed by atoms with Crippen molar-refractivity contribution < 1.29 is 4.79 Å². The van der Waals surface area contributed by atoms with E-state index in [1.165, 1.54) is 0 Å². The molecular weight excluding hydrogens is 326 g/mol. The number of para-hydroxylation sites is 1. The standard InChI is InChI=1S/C20H25N5O/c1-13(19-12-21-24(5)15(19)3)22-20(26)11-18-14(2)23-25(16(18)4)17-9-7-6-8-10-17/h6-10,12-13H,11H2,1-5H3,(H,22,26)/t13-/m1/s1. The van der Waals surface area contributed by atoms with E-state index in [9.17, 15) is 4.79 Å². The Labute approximate surface area is 153 Å². The summed E-state index contributed by atoms with van der Waals surface area (Å²) in [5, 5.41) is 11.9. The average molecular weight is 351 g/mol. The van der Waals surface area contributed by atoms with Gasteiger partial charge in [-0.2, -0.15) is 10.2 Å². The van der Waals surface area contributed by atoms with Crippen molar-refractivity contribution in [2.24, 2.45) is 7.05 Å². The van der Waals surface area contributed by atoms with Gasteiger partial charge >= 0.3 is 0 Å². The van der Waals surface area contributed by atoms with Crippen LogP contribution in [0.15, 0.2) is 36.5 Å². The van der Waals surface area contributed by atoms with Crippen molar-refractivity contribution in [2.75, 3.05) is 0 Å². The van der Waals surface area contributed by atoms with E-state index < -0.39 is 0 Å². The molecule has 136 valence electrons. The van der Waals surface area contributed by atoms with E-state index in [0.717, 1.165) is 33.9 Å². The van der Waals surface area contributed by atoms with Crippen molar-refractivity contribution >= 4 is 5.91 Å². The van der Waals surface area contributed by atoms with Gasteiger partial charge in [-0.3, -0.25) is 9.48 Å². The molecule has 1 amide bonds. The molecule has 0 radical (unpaired) electrons. The maximum Gasteiger partial charge on any atom is 0.225 e. The maximum atomic E-state index is 12.6. The second-order valence-electron chi connectivity index (χ2n) is 6.67. The van der Waals surface area contributed by atoms with Gasteiger partial charge in [0.05, 0.1) is 30.0 Å². The van der Waals surface area contributed by atoms with Gasteiger partial charge in [-0.1, -0.05) is 18.2 Å². The van der Waals surface area contributed by atoms with Gasteiger partial charge in [-0.05, 0) is 39.8 Å². The third kappa shape index (κ3) is 3.40. The molecule has 0 aliphatic rings. The molecule has 2 heterocycles. The predicted molar refractivity (Wildman–Crippen MR) is 101 cm³/mol. The molecule has 1 atom stereocenters. The predicted octanol–water partition coefficient (Wildman–Crippen LogP) is 2.95. The molecule has 1 aromatic carbocycles. The van der Waals surface area contributed by atoms with E-state index in [4.69, 9.17) is 0 Å². The largest absolute Gasteiger partial charge is 0.349 e. The Kier molecular flexibility index (Phi) is 4.93. The van der Waals surface area contributed by atoms with Crippen LogP contribution < -0.4 is 5.32 Å². The van der Waals surface area contributed by atoms with Crippen LogP contribution in [-0.2, 0) is 18.3 Å². The zero-order chi connectivity index (χ0) is 18.8. The SMILES string of the molecule is Cc1nn(-c2ccccc2)c(C)c1CC(=O)N[C@H](C)c1cnn(C)c1C. The summed E-state index contributed by atoms with van der Waals surface area (Å²) in [6, 6.07) is 9.88. The van der Waals surface area contributed by atoms with Crippen LogP contribution in [0.2, 0.25) is 0 Å². The maximum absolute atomic E-state index is 12.6. The Morgan fingerprint density at radius 3 is 2.46 bits per heavy atom. The highest BCUT2D eigenvalue weighted by molar-refractivity contribution is 5.79. The molecule has 3 aromatic rings. The number of nitrogens with one attached hydrogen (secondary N) is 1. The number of nitrogens with zero attached hydrogens (tertiary/aromatic N) is 4. The van der Waals surface area contributed by atoms with Gasteiger partial charge in [-0.15, -0.1) is 0 Å². The van der Waals surface area contributed by atoms with Gasteiger partial charge in [0, 0.05) is 29.6 Å². The van der Waals surface area contributed by atoms with Crippen LogP contribution in [0.4, 0.5) is 0 Å². The zero-order valence-corrected chi connectivity index (χ0v) is 15.9. The monoisotopic (exact) mass is 351 g/mol. The molecule has 3 rings (SSSR count). The summed E-state index contributed by atoms with van der Waals surface area (Å²) in [6.07, 6.45) is 2.12. The Hall–Kier alpha value is -2.89. The highest BCUT2D eigenvalue weighted by Crippen LogP contribution is 2.20. The molecule has 0 saturated carbocycles. The topological polar surface area (TPSA) is 64.7 Å². The van der Waals surface area contributed by atoms with E-state index in [1.54, 1.807) is 0 Å². The van der Waals surface area contributed by atoms with Crippen LogP contribution in [0.5, 0.6) is 0 Å². The third-order valence-corrected chi connectivity index (χ3v) is 4.90. The Bertz CT molecular complexity index is 923. The van der Waals surface area contributed by atoms with Crippen molar-refractivity contribution in [3.8, 4) is 5.69 Å². The first-order chi connectivity index (χ1) is 12.4. The highest BCUT2D eigenvalue weighted by Gasteiger charge is 2.19. The molecule has 2 aromatic heterocycles. The molecule has 26 heavy (non-hydrogen) atoms. The van der Waals surface area contributed by atoms with Crippen molar-refractivity contribution in [3.63, 3.8) is 0 Å². The average Bonchev–Trinajstić information content (AvgIpc) is 3.09. The van der Waals surface area contributed by atoms with Crippen molar-refractivity contribution in [1.82, 2.24) is 24.9 Å². The van der Waals surface area contributed by atoms with E-state index in [2.05, 4.69) is 15.5 Å². The van der Waals surface area contributed by atoms with E-state index in [1.807, 2.05) is 80.6 Å². The van der Waals surface area contributed by atoms with E-state index >= 15 is 0 Å². The van der Waals surface area contributed by atoms with Gasteiger partial charge in [0.15, 0.2) is 0 Å². The number of aromatic nitrogens is 4. The lowest BCUT2D eigenvalue weighted by atomic mass is 10.1. The normalized spacial score (nSPS) is 12.2. The van der Waals surface area contributed by atoms with Gasteiger partial charge in [0.25, 0.3) is 0 Å². The second kappa shape index (κ2) is 7.15. The number of benzene rings is 1. The minimum atomic E-state index is -0.0824. The lowest BCUT2D eigenvalue weighted by molar-refractivity contribution is -0.121. The van der Waals surface area contributed by atoms with Crippen LogP contribution in [0, 0.1) is 20.8 Å². The van der Waals surface area contributed by atoms with Crippen LogP contribution in [0.25, 0.3) is 5.69 Å². The minimum Gasteiger partial charge on any atom is -0.349 e. The van der Waals surface area contributed by atoms with Gasteiger partial charge in [-0.25, -0.2) is 4.68 Å². The fourth-order valence-corrected chi connectivity index (χ4v) is 3.22. The zero-order valence-electron chi connectivity index (χ0n) is 15.9. The van der Waals surface area contributed by atoms with Crippen LogP contribution in [0.1, 0.15) is 41.2 Å². The van der Waals surface area contributed by atoms with Crippen molar-refractivity contribution in [1.29, 1.82) is 0 Å². The van der Waals surface area contributed by atoms with Gasteiger partial charge < -0.3 is 5.32 Å². The number of carbonyl (C=O) groups is 1. The van der Waals surface area contributed by atoms with E-state index in [0.29, 0.717) is 6.42 Å². The number of hydrogen-bond acceptors (Lipinski definition) is 3. The number of rotatable bonds is 5. The first-order valence-corrected chi connectivity index (χ1v) is 8.77. The van der Waals surface area contributed by atoms with Crippen molar-refractivity contribution in [2.45, 2.75) is 40.2 Å². The fraction of sp³-hybridized carbons (Fsp3) is 0.350. The number of amides is 1. The molecule has 0 saturated heterocycles. The first-order valence-electron chi connectivity index (χ1n) is 8.77. The summed E-state index contributed by atoms with van der Waals surface area (Å²) < 4.78 is 3.71. The molecule has 0 fully saturated rings. The molecule has 0 aliphatic heterocycles. The van der Waals surface area contributed by atoms with E-state index in [-0.39, 0.29) is 11.9 Å². The first kappa shape index (κ1) is 17.9. The number of aryl methyl sites for hydroxylation is 2. The minimum absolute atomic E-state index is 0.0143. The summed E-state index contributed by atoms with van der Waals surface area (Å²) in [5.74, 6) is -0.0143. The third-order valence-electron chi connectivity index (χ3n) is 4.90. The molecule has 0 bridgehead atoms. The highest BCUT2D eigenvalue weighted by atomic mass is 16.1. The molecule has 0 spiro atoms. The molecule has 1 N–H and O–H groups in total. The molecule has 6 nitrogen and oxygen atoms in total. The fourth-order valence-electron chi connectivity index (χ4n) is 3.22. The summed E-state index contributed by atoms with van der Waals surface area (Å²) in [4.78, 5) is 12.6. The van der Waals surface area contributed by atoms with Crippen LogP contribution >= 0.6 is 0 Å². The lowest BCUT2D eigenvalue weighted by Crippen LogP contribution is -2.28. The van der Waals surface area contributed by atoms with Crippen LogP contribution in [0.3, 0.4) is 0 Å². The Morgan fingerprint density at radius 1 is 1.15 bits per heavy atom. The smallest absolute Gasteiger partial charge is 0.225 e. The summed E-state index contributed by atoms with van der Waals surface area (Å²) in [6.45, 7) is 7.94. The molecule has 0 unspecified atom stereocenters. The van der Waals surface area contributed by atoms with Crippen LogP contribution in [-0.4, -0.2) is 25.5 Å². The lowest BCUT2D eigenvalue weighted by Gasteiger charge is -2.14. The Morgan fingerprint density at radius 2 is 1.85 bits per heavy atom. The second-order valence-corrected chi connectivity index (χ2v) is 6.67. The van der Waals surface area contributed by atoms with Gasteiger partial charge in [0.2, 0.25) is 5.91 Å².